The van der Waals surface area contributed by atoms with Crippen molar-refractivity contribution in [3.63, 3.8) is 0 Å². The van der Waals surface area contributed by atoms with Crippen LogP contribution in [-0.4, -0.2) is 79.5 Å². The Bertz CT molecular complexity index is 681. The van der Waals surface area contributed by atoms with Gasteiger partial charge in [0.25, 0.3) is 5.91 Å². The fraction of sp³-hybridized carbons (Fsp3) is 0.727. The highest BCUT2D eigenvalue weighted by molar-refractivity contribution is 7.08. The van der Waals surface area contributed by atoms with Gasteiger partial charge in [-0.2, -0.15) is 11.3 Å². The van der Waals surface area contributed by atoms with E-state index in [0.29, 0.717) is 12.5 Å². The number of nitrogens with zero attached hydrogens (tertiary/aromatic N) is 3. The number of carbonyl (C=O) groups excluding carboxylic acids is 2. The number of rotatable bonds is 5. The van der Waals surface area contributed by atoms with E-state index in [0.717, 1.165) is 57.4 Å². The topological polar surface area (TPSA) is 55.9 Å². The quantitative estimate of drug-likeness (QED) is 0.795. The molecule has 29 heavy (non-hydrogen) atoms. The molecule has 1 N–H and O–H groups in total. The largest absolute Gasteiger partial charge is 0.336 e. The third-order valence-corrected chi connectivity index (χ3v) is 7.20. The van der Waals surface area contributed by atoms with Crippen LogP contribution in [0.3, 0.4) is 0 Å². The van der Waals surface area contributed by atoms with Crippen LogP contribution in [0.5, 0.6) is 0 Å². The number of nitrogens with one attached hydrogen (secondary N) is 1. The van der Waals surface area contributed by atoms with E-state index in [-0.39, 0.29) is 23.4 Å². The van der Waals surface area contributed by atoms with Gasteiger partial charge in [-0.1, -0.05) is 13.8 Å². The molecule has 0 unspecified atom stereocenters. The summed E-state index contributed by atoms with van der Waals surface area (Å²) in [6.45, 7) is 9.13. The number of carbonyl (C=O) groups is 2. The molecule has 1 aromatic heterocycles. The molecule has 0 radical (unpaired) electrons. The summed E-state index contributed by atoms with van der Waals surface area (Å²) in [6.07, 6.45) is 4.36. The monoisotopic (exact) mass is 420 g/mol. The molecule has 6 nitrogen and oxygen atoms in total. The van der Waals surface area contributed by atoms with E-state index in [2.05, 4.69) is 29.0 Å². The van der Waals surface area contributed by atoms with Gasteiger partial charge < -0.3 is 20.0 Å². The van der Waals surface area contributed by atoms with E-state index < -0.39 is 0 Å². The zero-order valence-electron chi connectivity index (χ0n) is 18.3. The molecule has 0 aliphatic carbocycles. The summed E-state index contributed by atoms with van der Waals surface area (Å²) in [5.74, 6) is 0.779. The molecule has 1 aromatic rings. The maximum atomic E-state index is 13.3. The third-order valence-electron chi connectivity index (χ3n) is 6.51. The number of amides is 3. The summed E-state index contributed by atoms with van der Waals surface area (Å²) in [6, 6.07) is 1.87. The second kappa shape index (κ2) is 9.47. The standard InChI is InChI=1S/C22H36N4O2S/c1-17(2)15-25-11-8-22(9-12-25)7-5-10-26(20(27)18-6-13-29-16-18)19(22)14-23-21(28)24(3)4/h6,13,16-17,19H,5,7-12,14-15H2,1-4H3,(H,23,28)/t19-/m1/s1. The van der Waals surface area contributed by atoms with Crippen molar-refractivity contribution < 1.29 is 9.59 Å². The molecular formula is C22H36N4O2S. The SMILES string of the molecule is CC(C)CN1CCC2(CCCN(C(=O)c3ccsc3)[C@@H]2CNC(=O)N(C)C)CC1. The van der Waals surface area contributed by atoms with Gasteiger partial charge in [-0.25, -0.2) is 4.79 Å². The van der Waals surface area contributed by atoms with Gasteiger partial charge in [0.1, 0.15) is 0 Å². The molecule has 2 fully saturated rings. The summed E-state index contributed by atoms with van der Waals surface area (Å²) in [5.41, 5.74) is 0.866. The van der Waals surface area contributed by atoms with E-state index in [1.165, 1.54) is 0 Å². The van der Waals surface area contributed by atoms with E-state index in [1.807, 2.05) is 16.8 Å². The van der Waals surface area contributed by atoms with Crippen molar-refractivity contribution in [2.24, 2.45) is 11.3 Å². The van der Waals surface area contributed by atoms with Gasteiger partial charge in [0, 0.05) is 39.1 Å². The highest BCUT2D eigenvalue weighted by atomic mass is 32.1. The first-order chi connectivity index (χ1) is 13.8. The van der Waals surface area contributed by atoms with Crippen molar-refractivity contribution in [2.45, 2.75) is 45.6 Å². The molecule has 3 amide bonds. The van der Waals surface area contributed by atoms with Gasteiger partial charge >= 0.3 is 6.03 Å². The number of hydrogen-bond acceptors (Lipinski definition) is 4. The Kier molecular flexibility index (Phi) is 7.22. The van der Waals surface area contributed by atoms with Crippen molar-refractivity contribution in [1.29, 1.82) is 0 Å². The lowest BCUT2D eigenvalue weighted by atomic mass is 9.66. The molecule has 2 saturated heterocycles. The van der Waals surface area contributed by atoms with Crippen LogP contribution < -0.4 is 5.32 Å². The van der Waals surface area contributed by atoms with Crippen LogP contribution >= 0.6 is 11.3 Å². The summed E-state index contributed by atoms with van der Waals surface area (Å²) in [4.78, 5) is 31.7. The molecule has 2 aliphatic rings. The summed E-state index contributed by atoms with van der Waals surface area (Å²) in [7, 11) is 3.51. The van der Waals surface area contributed by atoms with Crippen molar-refractivity contribution in [2.75, 3.05) is 46.8 Å². The highest BCUT2D eigenvalue weighted by Crippen LogP contribution is 2.45. The summed E-state index contributed by atoms with van der Waals surface area (Å²) in [5, 5.41) is 6.97. The Morgan fingerprint density at radius 3 is 2.55 bits per heavy atom. The van der Waals surface area contributed by atoms with Crippen LogP contribution in [0.15, 0.2) is 16.8 Å². The number of piperidine rings is 2. The molecule has 162 valence electrons. The van der Waals surface area contributed by atoms with Gasteiger partial charge in [-0.3, -0.25) is 4.79 Å². The van der Waals surface area contributed by atoms with Crippen LogP contribution in [0.25, 0.3) is 0 Å². The predicted octanol–water partition coefficient (Wildman–Crippen LogP) is 3.36. The lowest BCUT2D eigenvalue weighted by molar-refractivity contribution is -0.0233. The lowest BCUT2D eigenvalue weighted by Crippen LogP contribution is -2.61. The average Bonchev–Trinajstić information content (AvgIpc) is 3.22. The second-order valence-corrected chi connectivity index (χ2v) is 10.0. The van der Waals surface area contributed by atoms with Crippen LogP contribution in [0.2, 0.25) is 0 Å². The zero-order chi connectivity index (χ0) is 21.0. The maximum Gasteiger partial charge on any atom is 0.316 e. The highest BCUT2D eigenvalue weighted by Gasteiger charge is 2.47. The minimum atomic E-state index is -0.0918. The van der Waals surface area contributed by atoms with E-state index in [1.54, 1.807) is 30.3 Å². The van der Waals surface area contributed by atoms with Crippen LogP contribution in [0.4, 0.5) is 4.79 Å². The molecule has 7 heteroatoms. The van der Waals surface area contributed by atoms with Crippen molar-refractivity contribution in [3.8, 4) is 0 Å². The Balaban J connectivity index is 1.79. The van der Waals surface area contributed by atoms with Crippen molar-refractivity contribution in [1.82, 2.24) is 20.0 Å². The first-order valence-electron chi connectivity index (χ1n) is 10.8. The lowest BCUT2D eigenvalue weighted by Gasteiger charge is -2.53. The minimum absolute atomic E-state index is 0.0498. The molecule has 2 aliphatic heterocycles. The van der Waals surface area contributed by atoms with Crippen LogP contribution in [0.1, 0.15) is 49.9 Å². The maximum absolute atomic E-state index is 13.3. The number of urea groups is 1. The van der Waals surface area contributed by atoms with E-state index in [9.17, 15) is 9.59 Å². The van der Waals surface area contributed by atoms with Gasteiger partial charge in [-0.15, -0.1) is 0 Å². The van der Waals surface area contributed by atoms with Gasteiger partial charge in [0.05, 0.1) is 11.6 Å². The fourth-order valence-electron chi connectivity index (χ4n) is 5.00. The van der Waals surface area contributed by atoms with Crippen molar-refractivity contribution >= 4 is 23.3 Å². The van der Waals surface area contributed by atoms with Crippen LogP contribution in [0, 0.1) is 11.3 Å². The normalized spacial score (nSPS) is 22.1. The number of hydrogen-bond donors (Lipinski definition) is 1. The summed E-state index contributed by atoms with van der Waals surface area (Å²) >= 11 is 1.56. The Hall–Kier alpha value is -1.60. The molecule has 0 aromatic carbocycles. The average molecular weight is 421 g/mol. The number of thiophene rings is 1. The smallest absolute Gasteiger partial charge is 0.316 e. The van der Waals surface area contributed by atoms with Crippen LogP contribution in [-0.2, 0) is 0 Å². The Morgan fingerprint density at radius 2 is 1.97 bits per heavy atom. The molecule has 0 bridgehead atoms. The number of likely N-dealkylation sites (tertiary alicyclic amines) is 2. The van der Waals surface area contributed by atoms with E-state index >= 15 is 0 Å². The molecule has 1 atom stereocenters. The minimum Gasteiger partial charge on any atom is -0.336 e. The first kappa shape index (κ1) is 22.1. The first-order valence-corrected chi connectivity index (χ1v) is 11.8. The molecule has 1 spiro atoms. The van der Waals surface area contributed by atoms with Crippen molar-refractivity contribution in [3.05, 3.63) is 22.4 Å². The molecule has 0 saturated carbocycles. The fourth-order valence-corrected chi connectivity index (χ4v) is 5.63. The van der Waals surface area contributed by atoms with Gasteiger partial charge in [-0.05, 0) is 61.6 Å². The predicted molar refractivity (Wildman–Crippen MR) is 118 cm³/mol. The van der Waals surface area contributed by atoms with Gasteiger partial charge in [0.2, 0.25) is 0 Å². The molecule has 3 heterocycles. The Morgan fingerprint density at radius 1 is 1.24 bits per heavy atom. The third kappa shape index (κ3) is 5.12. The Labute approximate surface area is 179 Å². The molecular weight excluding hydrogens is 384 g/mol. The zero-order valence-corrected chi connectivity index (χ0v) is 19.1. The molecule has 3 rings (SSSR count). The van der Waals surface area contributed by atoms with E-state index in [4.69, 9.17) is 0 Å². The summed E-state index contributed by atoms with van der Waals surface area (Å²) < 4.78 is 0. The second-order valence-electron chi connectivity index (χ2n) is 9.27. The van der Waals surface area contributed by atoms with Gasteiger partial charge in [0.15, 0.2) is 0 Å².